The number of nitrogens with one attached hydrogen (secondary N) is 3. The summed E-state index contributed by atoms with van der Waals surface area (Å²) in [7, 11) is 0. The number of morpholine rings is 1. The fourth-order valence-electron chi connectivity index (χ4n) is 3.14. The topological polar surface area (TPSA) is 48.6 Å². The van der Waals surface area contributed by atoms with Gasteiger partial charge in [-0.25, -0.2) is 0 Å². The lowest BCUT2D eigenvalue weighted by Gasteiger charge is -2.29. The summed E-state index contributed by atoms with van der Waals surface area (Å²) in [5.41, 5.74) is 9.15. The molecule has 0 aromatic heterocycles. The number of hydrogen-bond donors (Lipinski definition) is 3. The largest absolute Gasteiger partial charge is 0.378 e. The first-order valence-corrected chi connectivity index (χ1v) is 8.38. The van der Waals surface area contributed by atoms with Crippen molar-refractivity contribution >= 4 is 5.69 Å². The second-order valence-electron chi connectivity index (χ2n) is 6.39. The van der Waals surface area contributed by atoms with Gasteiger partial charge in [-0.3, -0.25) is 10.9 Å². The van der Waals surface area contributed by atoms with Crippen LogP contribution >= 0.6 is 0 Å². The summed E-state index contributed by atoms with van der Waals surface area (Å²) in [5.74, 6) is 0.648. The zero-order chi connectivity index (χ0) is 15.4. The van der Waals surface area contributed by atoms with Crippen molar-refractivity contribution in [1.82, 2.24) is 16.2 Å². The molecule has 3 N–H and O–H groups in total. The molecule has 0 aliphatic carbocycles. The quantitative estimate of drug-likeness (QED) is 0.765. The highest BCUT2D eigenvalue weighted by molar-refractivity contribution is 5.48. The van der Waals surface area contributed by atoms with Gasteiger partial charge in [-0.2, -0.15) is 0 Å². The number of rotatable bonds is 5. The van der Waals surface area contributed by atoms with Crippen molar-refractivity contribution < 1.29 is 4.74 Å². The number of benzene rings is 1. The molecule has 2 aliphatic heterocycles. The van der Waals surface area contributed by atoms with Crippen molar-refractivity contribution in [2.75, 3.05) is 44.3 Å². The van der Waals surface area contributed by atoms with Crippen LogP contribution in [0.15, 0.2) is 24.3 Å². The van der Waals surface area contributed by atoms with Crippen molar-refractivity contribution in [3.8, 4) is 0 Å². The van der Waals surface area contributed by atoms with Gasteiger partial charge >= 0.3 is 0 Å². The van der Waals surface area contributed by atoms with Crippen molar-refractivity contribution in [2.45, 2.75) is 25.9 Å². The monoisotopic (exact) mass is 304 g/mol. The number of nitrogens with zero attached hydrogens (tertiary/aromatic N) is 1. The molecule has 2 aliphatic rings. The van der Waals surface area contributed by atoms with E-state index >= 15 is 0 Å². The minimum Gasteiger partial charge on any atom is -0.378 e. The molecule has 2 heterocycles. The molecule has 2 fully saturated rings. The van der Waals surface area contributed by atoms with E-state index in [0.717, 1.165) is 39.4 Å². The van der Waals surface area contributed by atoms with Crippen molar-refractivity contribution in [3.63, 3.8) is 0 Å². The van der Waals surface area contributed by atoms with E-state index in [1.165, 1.54) is 11.3 Å². The summed E-state index contributed by atoms with van der Waals surface area (Å²) in [4.78, 5) is 2.39. The molecule has 3 rings (SSSR count). The molecular weight excluding hydrogens is 276 g/mol. The van der Waals surface area contributed by atoms with Crippen LogP contribution in [0.1, 0.15) is 25.5 Å². The molecule has 2 saturated heterocycles. The van der Waals surface area contributed by atoms with Crippen LogP contribution in [0.5, 0.6) is 0 Å². The summed E-state index contributed by atoms with van der Waals surface area (Å²) in [5, 5.41) is 3.66. The van der Waals surface area contributed by atoms with Crippen LogP contribution in [0.3, 0.4) is 0 Å². The highest BCUT2D eigenvalue weighted by atomic mass is 16.5. The van der Waals surface area contributed by atoms with Gasteiger partial charge < -0.3 is 15.0 Å². The molecule has 5 heteroatoms. The van der Waals surface area contributed by atoms with E-state index in [1.54, 1.807) is 0 Å². The van der Waals surface area contributed by atoms with E-state index in [9.17, 15) is 0 Å². The fourth-order valence-corrected chi connectivity index (χ4v) is 3.14. The van der Waals surface area contributed by atoms with Gasteiger partial charge in [-0.15, -0.1) is 0 Å². The predicted molar refractivity (Wildman–Crippen MR) is 90.0 cm³/mol. The van der Waals surface area contributed by atoms with Gasteiger partial charge in [0.05, 0.1) is 13.2 Å². The molecule has 5 nitrogen and oxygen atoms in total. The number of ether oxygens (including phenoxy) is 1. The van der Waals surface area contributed by atoms with Gasteiger partial charge in [0.1, 0.15) is 0 Å². The smallest absolute Gasteiger partial charge is 0.0642 e. The van der Waals surface area contributed by atoms with E-state index in [1.807, 2.05) is 0 Å². The highest BCUT2D eigenvalue weighted by Gasteiger charge is 2.22. The van der Waals surface area contributed by atoms with E-state index in [-0.39, 0.29) is 0 Å². The zero-order valence-electron chi connectivity index (χ0n) is 13.6. The Hall–Kier alpha value is -1.14. The van der Waals surface area contributed by atoms with Gasteiger partial charge in [0.2, 0.25) is 0 Å². The predicted octanol–water partition coefficient (Wildman–Crippen LogP) is 1.29. The first kappa shape index (κ1) is 15.7. The van der Waals surface area contributed by atoms with Crippen LogP contribution in [0.2, 0.25) is 0 Å². The average molecular weight is 304 g/mol. The van der Waals surface area contributed by atoms with E-state index in [4.69, 9.17) is 4.74 Å². The Morgan fingerprint density at radius 3 is 2.64 bits per heavy atom. The van der Waals surface area contributed by atoms with Gasteiger partial charge in [0.15, 0.2) is 0 Å². The lowest BCUT2D eigenvalue weighted by Crippen LogP contribution is -2.36. The first-order valence-electron chi connectivity index (χ1n) is 8.38. The highest BCUT2D eigenvalue weighted by Crippen LogP contribution is 2.20. The molecule has 1 aromatic carbocycles. The minimum atomic E-state index is 0.381. The Morgan fingerprint density at radius 2 is 2.00 bits per heavy atom. The molecular formula is C17H28N4O. The number of hydrogen-bond acceptors (Lipinski definition) is 5. The maximum atomic E-state index is 5.41. The van der Waals surface area contributed by atoms with Crippen LogP contribution in [0.4, 0.5) is 5.69 Å². The molecule has 3 unspecified atom stereocenters. The van der Waals surface area contributed by atoms with Crippen LogP contribution < -0.4 is 21.1 Å². The Bertz CT molecular complexity index is 458. The maximum Gasteiger partial charge on any atom is 0.0642 e. The third-order valence-corrected chi connectivity index (χ3v) is 4.86. The minimum absolute atomic E-state index is 0.381. The second kappa shape index (κ2) is 7.42. The Kier molecular flexibility index (Phi) is 5.31. The molecule has 0 radical (unpaired) electrons. The van der Waals surface area contributed by atoms with Crippen molar-refractivity contribution in [2.24, 2.45) is 5.92 Å². The summed E-state index contributed by atoms with van der Waals surface area (Å²) in [6, 6.07) is 9.88. The van der Waals surface area contributed by atoms with Gasteiger partial charge in [-0.1, -0.05) is 12.1 Å². The fraction of sp³-hybridized carbons (Fsp3) is 0.647. The van der Waals surface area contributed by atoms with Gasteiger partial charge in [0, 0.05) is 49.9 Å². The van der Waals surface area contributed by atoms with Crippen molar-refractivity contribution in [1.29, 1.82) is 0 Å². The Labute approximate surface area is 133 Å². The third-order valence-electron chi connectivity index (χ3n) is 4.86. The number of anilines is 1. The maximum absolute atomic E-state index is 5.41. The summed E-state index contributed by atoms with van der Waals surface area (Å²) in [6.07, 6.45) is 0. The van der Waals surface area contributed by atoms with E-state index in [2.05, 4.69) is 59.2 Å². The lowest BCUT2D eigenvalue weighted by molar-refractivity contribution is 0.122. The molecule has 0 saturated carbocycles. The van der Waals surface area contributed by atoms with Crippen molar-refractivity contribution in [3.05, 3.63) is 29.8 Å². The Morgan fingerprint density at radius 1 is 1.27 bits per heavy atom. The molecule has 0 bridgehead atoms. The van der Waals surface area contributed by atoms with Crippen LogP contribution in [-0.4, -0.2) is 45.4 Å². The molecule has 3 atom stereocenters. The molecule has 22 heavy (non-hydrogen) atoms. The lowest BCUT2D eigenvalue weighted by atomic mass is 10.0. The second-order valence-corrected chi connectivity index (χ2v) is 6.39. The SMILES string of the molecule is CC(NCC1CNNC1C)c1ccc(N2CCOCC2)cc1. The third kappa shape index (κ3) is 3.79. The van der Waals surface area contributed by atoms with Crippen LogP contribution in [0.25, 0.3) is 0 Å². The Balaban J connectivity index is 1.52. The average Bonchev–Trinajstić information content (AvgIpc) is 2.99. The van der Waals surface area contributed by atoms with E-state index < -0.39 is 0 Å². The zero-order valence-corrected chi connectivity index (χ0v) is 13.6. The molecule has 1 aromatic rings. The summed E-state index contributed by atoms with van der Waals surface area (Å²) >= 11 is 0. The number of hydrazine groups is 1. The standard InChI is InChI=1S/C17H28N4O/c1-13(18-11-16-12-19-20-14(16)2)15-3-5-17(6-4-15)21-7-9-22-10-8-21/h3-6,13-14,16,18-20H,7-12H2,1-2H3. The first-order chi connectivity index (χ1) is 10.7. The van der Waals surface area contributed by atoms with E-state index in [0.29, 0.717) is 18.0 Å². The summed E-state index contributed by atoms with van der Waals surface area (Å²) < 4.78 is 5.41. The van der Waals surface area contributed by atoms with Crippen LogP contribution in [-0.2, 0) is 4.74 Å². The van der Waals surface area contributed by atoms with Gasteiger partial charge in [-0.05, 0) is 31.5 Å². The molecule has 122 valence electrons. The van der Waals surface area contributed by atoms with Crippen LogP contribution in [0, 0.1) is 5.92 Å². The molecule has 0 amide bonds. The molecule has 0 spiro atoms. The van der Waals surface area contributed by atoms with Gasteiger partial charge in [0.25, 0.3) is 0 Å². The summed E-state index contributed by atoms with van der Waals surface area (Å²) in [6.45, 7) is 10.2. The normalized spacial score (nSPS) is 27.1.